The monoisotopic (exact) mass is 440 g/mol. The number of hydrogen-bond acceptors (Lipinski definition) is 7. The summed E-state index contributed by atoms with van der Waals surface area (Å²) in [7, 11) is 1.66. The Bertz CT molecular complexity index is 1300. The molecule has 0 saturated carbocycles. The predicted octanol–water partition coefficient (Wildman–Crippen LogP) is 4.06. The molecule has 0 bridgehead atoms. The second-order valence-corrected chi connectivity index (χ2v) is 8.95. The fourth-order valence-electron chi connectivity index (χ4n) is 2.94. The highest BCUT2D eigenvalue weighted by Gasteiger charge is 2.19. The van der Waals surface area contributed by atoms with Gasteiger partial charge < -0.3 is 10.1 Å². The zero-order valence-electron chi connectivity index (χ0n) is 16.7. The third-order valence-electron chi connectivity index (χ3n) is 4.49. The topological polar surface area (TPSA) is 86.1 Å². The van der Waals surface area contributed by atoms with Crippen LogP contribution in [0, 0.1) is 0 Å². The number of amides is 1. The van der Waals surface area contributed by atoms with E-state index in [1.54, 1.807) is 26.1 Å². The van der Waals surface area contributed by atoms with Crippen LogP contribution in [0.25, 0.3) is 21.1 Å². The Labute approximate surface area is 181 Å². The lowest BCUT2D eigenvalue weighted by atomic mass is 10.2. The lowest BCUT2D eigenvalue weighted by Gasteiger charge is -2.13. The summed E-state index contributed by atoms with van der Waals surface area (Å²) in [5, 5.41) is 3.98. The number of anilines is 1. The second-order valence-electron chi connectivity index (χ2n) is 6.61. The van der Waals surface area contributed by atoms with Gasteiger partial charge in [-0.3, -0.25) is 14.2 Å². The molecule has 2 heterocycles. The zero-order chi connectivity index (χ0) is 21.3. The van der Waals surface area contributed by atoms with E-state index in [9.17, 15) is 9.59 Å². The zero-order valence-corrected chi connectivity index (χ0v) is 18.3. The lowest BCUT2D eigenvalue weighted by molar-refractivity contribution is -0.115. The summed E-state index contributed by atoms with van der Waals surface area (Å²) in [6.07, 6.45) is 0. The van der Waals surface area contributed by atoms with Crippen LogP contribution in [0.2, 0.25) is 0 Å². The van der Waals surface area contributed by atoms with Crippen LogP contribution in [0.15, 0.2) is 52.4 Å². The summed E-state index contributed by atoms with van der Waals surface area (Å²) < 4.78 is 7.93. The smallest absolute Gasteiger partial charge is 0.261 e. The number of fused-ring (bicyclic) bond motifs is 2. The Morgan fingerprint density at radius 2 is 2.03 bits per heavy atom. The van der Waals surface area contributed by atoms with Gasteiger partial charge in [-0.1, -0.05) is 35.2 Å². The van der Waals surface area contributed by atoms with E-state index in [4.69, 9.17) is 4.74 Å². The van der Waals surface area contributed by atoms with Gasteiger partial charge in [0.05, 0.1) is 33.0 Å². The van der Waals surface area contributed by atoms with Gasteiger partial charge in [0, 0.05) is 7.05 Å². The van der Waals surface area contributed by atoms with E-state index in [0.29, 0.717) is 27.8 Å². The van der Waals surface area contributed by atoms with E-state index in [1.165, 1.54) is 27.7 Å². The third-order valence-corrected chi connectivity index (χ3v) is 6.57. The summed E-state index contributed by atoms with van der Waals surface area (Å²) in [5.41, 5.74) is 1.29. The fourth-order valence-corrected chi connectivity index (χ4v) is 4.71. The number of carbonyl (C=O) groups is 1. The number of carbonyl (C=O) groups excluding carboxylic acids is 1. The number of nitrogens with one attached hydrogen (secondary N) is 1. The maximum Gasteiger partial charge on any atom is 0.261 e. The molecule has 2 aromatic carbocycles. The van der Waals surface area contributed by atoms with Crippen LogP contribution in [0.1, 0.15) is 13.8 Å². The molecule has 2 aromatic heterocycles. The van der Waals surface area contributed by atoms with Crippen molar-refractivity contribution in [3.8, 4) is 5.75 Å². The Kier molecular flexibility index (Phi) is 5.74. The van der Waals surface area contributed by atoms with E-state index in [0.717, 1.165) is 16.0 Å². The first-order valence-electron chi connectivity index (χ1n) is 9.43. The van der Waals surface area contributed by atoms with Gasteiger partial charge >= 0.3 is 0 Å². The molecule has 1 N–H and O–H groups in total. The Hall–Kier alpha value is -2.91. The first-order valence-corrected chi connectivity index (χ1v) is 11.1. The largest absolute Gasteiger partial charge is 0.494 e. The Balaban J connectivity index is 1.52. The molecule has 4 aromatic rings. The van der Waals surface area contributed by atoms with E-state index >= 15 is 0 Å². The van der Waals surface area contributed by atoms with Gasteiger partial charge in [0.2, 0.25) is 5.91 Å². The molecule has 0 radical (unpaired) electrons. The minimum atomic E-state index is -0.463. The van der Waals surface area contributed by atoms with Crippen molar-refractivity contribution in [2.24, 2.45) is 7.05 Å². The highest BCUT2D eigenvalue weighted by molar-refractivity contribution is 8.00. The summed E-state index contributed by atoms with van der Waals surface area (Å²) in [4.78, 5) is 34.3. The third kappa shape index (κ3) is 4.03. The van der Waals surface area contributed by atoms with Gasteiger partial charge in [-0.2, -0.15) is 0 Å². The number of ether oxygens (including phenoxy) is 1. The van der Waals surface area contributed by atoms with Crippen molar-refractivity contribution in [2.75, 3.05) is 11.9 Å². The summed E-state index contributed by atoms with van der Waals surface area (Å²) >= 11 is 2.63. The van der Waals surface area contributed by atoms with Crippen LogP contribution < -0.4 is 15.6 Å². The van der Waals surface area contributed by atoms with Gasteiger partial charge in [-0.15, -0.1) is 0 Å². The molecular formula is C21H20N4O3S2. The maximum atomic E-state index is 12.7. The molecule has 0 saturated heterocycles. The summed E-state index contributed by atoms with van der Waals surface area (Å²) in [6, 6.07) is 12.8. The number of rotatable bonds is 6. The van der Waals surface area contributed by atoms with Crippen molar-refractivity contribution >= 4 is 55.3 Å². The molecule has 30 heavy (non-hydrogen) atoms. The molecule has 1 unspecified atom stereocenters. The first kappa shape index (κ1) is 20.4. The molecule has 0 spiro atoms. The second kappa shape index (κ2) is 8.45. The molecule has 7 nitrogen and oxygen atoms in total. The van der Waals surface area contributed by atoms with Crippen LogP contribution in [0.4, 0.5) is 5.13 Å². The van der Waals surface area contributed by atoms with Crippen molar-refractivity contribution < 1.29 is 9.53 Å². The van der Waals surface area contributed by atoms with Gasteiger partial charge in [0.1, 0.15) is 5.75 Å². The van der Waals surface area contributed by atoms with Crippen LogP contribution in [0.5, 0.6) is 5.75 Å². The Morgan fingerprint density at radius 1 is 1.23 bits per heavy atom. The average Bonchev–Trinajstić information content (AvgIpc) is 3.13. The summed E-state index contributed by atoms with van der Waals surface area (Å²) in [5.74, 6) is 0.574. The number of aromatic nitrogens is 3. The number of thiazole rings is 1. The molecule has 9 heteroatoms. The Morgan fingerprint density at radius 3 is 2.83 bits per heavy atom. The van der Waals surface area contributed by atoms with Gasteiger partial charge in [0.25, 0.3) is 5.56 Å². The number of thioether (sulfide) groups is 1. The van der Waals surface area contributed by atoms with E-state index in [-0.39, 0.29) is 11.5 Å². The molecule has 0 aliphatic heterocycles. The predicted molar refractivity (Wildman–Crippen MR) is 122 cm³/mol. The average molecular weight is 441 g/mol. The molecule has 0 aliphatic rings. The molecule has 1 amide bonds. The SMILES string of the molecule is CCOc1ccc2nc(NC(=O)C(C)Sc3nc4ccccc4c(=O)n3C)sc2c1. The highest BCUT2D eigenvalue weighted by atomic mass is 32.2. The molecule has 1 atom stereocenters. The van der Waals surface area contributed by atoms with Gasteiger partial charge in [0.15, 0.2) is 10.3 Å². The van der Waals surface area contributed by atoms with Crippen molar-refractivity contribution in [3.63, 3.8) is 0 Å². The number of hydrogen-bond donors (Lipinski definition) is 1. The van der Waals surface area contributed by atoms with Crippen molar-refractivity contribution in [2.45, 2.75) is 24.3 Å². The number of nitrogens with zero attached hydrogens (tertiary/aromatic N) is 3. The van der Waals surface area contributed by atoms with Crippen molar-refractivity contribution in [1.82, 2.24) is 14.5 Å². The molecule has 0 fully saturated rings. The molecule has 4 rings (SSSR count). The van der Waals surface area contributed by atoms with Crippen LogP contribution in [0.3, 0.4) is 0 Å². The highest BCUT2D eigenvalue weighted by Crippen LogP contribution is 2.30. The summed E-state index contributed by atoms with van der Waals surface area (Å²) in [6.45, 7) is 4.30. The van der Waals surface area contributed by atoms with Crippen LogP contribution in [-0.2, 0) is 11.8 Å². The fraction of sp³-hybridized carbons (Fsp3) is 0.238. The molecule has 0 aliphatic carbocycles. The first-order chi connectivity index (χ1) is 14.5. The molecular weight excluding hydrogens is 420 g/mol. The minimum absolute atomic E-state index is 0.132. The van der Waals surface area contributed by atoms with Gasteiger partial charge in [-0.05, 0) is 44.2 Å². The quantitative estimate of drug-likeness (QED) is 0.359. The van der Waals surface area contributed by atoms with Gasteiger partial charge in [-0.25, -0.2) is 9.97 Å². The van der Waals surface area contributed by atoms with Crippen LogP contribution >= 0.6 is 23.1 Å². The van der Waals surface area contributed by atoms with E-state index in [2.05, 4.69) is 15.3 Å². The van der Waals surface area contributed by atoms with Crippen molar-refractivity contribution in [1.29, 1.82) is 0 Å². The lowest BCUT2D eigenvalue weighted by Crippen LogP contribution is -2.25. The van der Waals surface area contributed by atoms with E-state index < -0.39 is 5.25 Å². The van der Waals surface area contributed by atoms with Crippen LogP contribution in [-0.4, -0.2) is 32.3 Å². The minimum Gasteiger partial charge on any atom is -0.494 e. The number of benzene rings is 2. The number of para-hydroxylation sites is 1. The maximum absolute atomic E-state index is 12.7. The normalized spacial score (nSPS) is 12.2. The standard InChI is InChI=1S/C21H20N4O3S2/c1-4-28-13-9-10-16-17(11-13)30-20(22-16)24-18(26)12(2)29-21-23-15-8-6-5-7-14(15)19(27)25(21)3/h5-12H,4H2,1-3H3,(H,22,24,26). The van der Waals surface area contributed by atoms with Crippen molar-refractivity contribution in [3.05, 3.63) is 52.8 Å². The molecule has 154 valence electrons. The van der Waals surface area contributed by atoms with E-state index in [1.807, 2.05) is 37.3 Å².